The lowest BCUT2D eigenvalue weighted by Crippen LogP contribution is -2.26. The van der Waals surface area contributed by atoms with Crippen LogP contribution < -0.4 is 0 Å². The predicted octanol–water partition coefficient (Wildman–Crippen LogP) is 6.43. The van der Waals surface area contributed by atoms with Gasteiger partial charge in [0.2, 0.25) is 0 Å². The summed E-state index contributed by atoms with van der Waals surface area (Å²) in [6, 6.07) is 38.5. The van der Waals surface area contributed by atoms with Gasteiger partial charge in [-0.3, -0.25) is 9.59 Å². The van der Waals surface area contributed by atoms with Crippen molar-refractivity contribution in [3.63, 3.8) is 0 Å². The summed E-state index contributed by atoms with van der Waals surface area (Å²) in [5.41, 5.74) is 3.49. The van der Waals surface area contributed by atoms with Gasteiger partial charge in [-0.15, -0.1) is 0 Å². The van der Waals surface area contributed by atoms with Crippen molar-refractivity contribution < 1.29 is 19.1 Å². The van der Waals surface area contributed by atoms with Crippen LogP contribution in [0.1, 0.15) is 40.5 Å². The maximum Gasteiger partial charge on any atom is 0.318 e. The Morgan fingerprint density at radius 2 is 0.757 bits per heavy atom. The van der Waals surface area contributed by atoms with Crippen molar-refractivity contribution in [2.24, 2.45) is 0 Å². The zero-order valence-electron chi connectivity index (χ0n) is 20.4. The summed E-state index contributed by atoms with van der Waals surface area (Å²) in [5.74, 6) is -1.72. The molecule has 4 aromatic rings. The van der Waals surface area contributed by atoms with E-state index in [0.717, 1.165) is 22.3 Å². The summed E-state index contributed by atoms with van der Waals surface area (Å²) in [5, 5.41) is 0. The lowest BCUT2D eigenvalue weighted by Gasteiger charge is -2.21. The fourth-order valence-electron chi connectivity index (χ4n) is 4.75. The van der Waals surface area contributed by atoms with Gasteiger partial charge >= 0.3 is 11.9 Å². The lowest BCUT2D eigenvalue weighted by molar-refractivity contribution is -0.151. The van der Waals surface area contributed by atoms with Crippen LogP contribution in [-0.4, -0.2) is 24.1 Å². The number of rotatable bonds is 8. The van der Waals surface area contributed by atoms with E-state index in [1.54, 1.807) is 0 Å². The van der Waals surface area contributed by atoms with Gasteiger partial charge in [0.15, 0.2) is 0 Å². The molecule has 2 unspecified atom stereocenters. The van der Waals surface area contributed by atoms with E-state index in [4.69, 9.17) is 9.47 Å². The quantitative estimate of drug-likeness (QED) is 0.212. The Morgan fingerprint density at radius 3 is 1.03 bits per heavy atom. The molecule has 0 aliphatic heterocycles. The first-order chi connectivity index (χ1) is 18.2. The Kier molecular flexibility index (Phi) is 7.56. The van der Waals surface area contributed by atoms with Gasteiger partial charge in [-0.1, -0.05) is 121 Å². The van der Waals surface area contributed by atoms with Crippen LogP contribution in [0.25, 0.3) is 0 Å². The highest BCUT2D eigenvalue weighted by Gasteiger charge is 2.32. The third-order valence-corrected chi connectivity index (χ3v) is 6.54. The van der Waals surface area contributed by atoms with E-state index in [2.05, 4.69) is 0 Å². The molecule has 0 N–H and O–H groups in total. The largest absolute Gasteiger partial charge is 0.457 e. The molecule has 0 bridgehead atoms. The summed E-state index contributed by atoms with van der Waals surface area (Å²) in [6.07, 6.45) is 3.08. The Morgan fingerprint density at radius 1 is 0.486 bits per heavy atom. The number of carbonyl (C=O) groups is 2. The molecule has 0 radical (unpaired) electrons. The van der Waals surface area contributed by atoms with Crippen LogP contribution in [0.5, 0.6) is 0 Å². The average molecular weight is 489 g/mol. The first-order valence-corrected chi connectivity index (χ1v) is 12.5. The Balaban J connectivity index is 1.27. The van der Waals surface area contributed by atoms with Crippen molar-refractivity contribution >= 4 is 11.9 Å². The van der Waals surface area contributed by atoms with E-state index in [1.807, 2.05) is 133 Å². The minimum Gasteiger partial charge on any atom is -0.457 e. The molecular weight excluding hydrogens is 460 g/mol. The highest BCUT2D eigenvalue weighted by atomic mass is 16.6. The van der Waals surface area contributed by atoms with Gasteiger partial charge in [-0.05, 0) is 34.4 Å². The monoisotopic (exact) mass is 488 g/mol. The Hall–Kier alpha value is -4.44. The molecule has 4 heteroatoms. The minimum absolute atomic E-state index is 0.328. The first-order valence-electron chi connectivity index (χ1n) is 12.5. The maximum atomic E-state index is 13.3. The SMILES string of the molecule is O=C(OC1C=CC(OC(=O)C(c2ccccc2)c2ccccc2)C1)C(c1ccccc1)c1ccccc1. The number of ether oxygens (including phenoxy) is 2. The zero-order chi connectivity index (χ0) is 25.5. The van der Waals surface area contributed by atoms with Crippen LogP contribution in [0.15, 0.2) is 133 Å². The molecule has 4 nitrogen and oxygen atoms in total. The normalized spacial score (nSPS) is 16.6. The van der Waals surface area contributed by atoms with Gasteiger partial charge in [-0.2, -0.15) is 0 Å². The molecule has 184 valence electrons. The summed E-state index contributed by atoms with van der Waals surface area (Å²) >= 11 is 0. The molecule has 0 amide bonds. The third kappa shape index (κ3) is 5.87. The van der Waals surface area contributed by atoms with Crippen LogP contribution in [0.4, 0.5) is 0 Å². The molecular formula is C33H28O4. The predicted molar refractivity (Wildman–Crippen MR) is 143 cm³/mol. The number of carbonyl (C=O) groups excluding carboxylic acids is 2. The summed E-state index contributed by atoms with van der Waals surface area (Å²) < 4.78 is 11.8. The smallest absolute Gasteiger partial charge is 0.318 e. The number of hydrogen-bond acceptors (Lipinski definition) is 4. The van der Waals surface area contributed by atoms with Crippen molar-refractivity contribution in [2.45, 2.75) is 30.5 Å². The van der Waals surface area contributed by atoms with E-state index in [0.29, 0.717) is 6.42 Å². The topological polar surface area (TPSA) is 52.6 Å². The van der Waals surface area contributed by atoms with E-state index in [9.17, 15) is 9.59 Å². The van der Waals surface area contributed by atoms with Crippen molar-refractivity contribution in [3.05, 3.63) is 156 Å². The van der Waals surface area contributed by atoms with E-state index in [-0.39, 0.29) is 11.9 Å². The maximum absolute atomic E-state index is 13.3. The van der Waals surface area contributed by atoms with E-state index >= 15 is 0 Å². The second kappa shape index (κ2) is 11.5. The molecule has 0 fully saturated rings. The molecule has 4 aromatic carbocycles. The fraction of sp³-hybridized carbons (Fsp3) is 0.152. The van der Waals surface area contributed by atoms with Gasteiger partial charge in [0, 0.05) is 6.42 Å². The molecule has 5 rings (SSSR count). The molecule has 1 aliphatic rings. The molecule has 0 heterocycles. The van der Waals surface area contributed by atoms with Crippen LogP contribution >= 0.6 is 0 Å². The number of hydrogen-bond donors (Lipinski definition) is 0. The highest BCUT2D eigenvalue weighted by molar-refractivity contribution is 5.83. The van der Waals surface area contributed by atoms with Crippen LogP contribution in [0, 0.1) is 0 Å². The van der Waals surface area contributed by atoms with E-state index in [1.165, 1.54) is 0 Å². The Bertz CT molecular complexity index is 1150. The average Bonchev–Trinajstić information content (AvgIpc) is 3.37. The molecule has 0 saturated heterocycles. The van der Waals surface area contributed by atoms with Gasteiger partial charge < -0.3 is 9.47 Å². The lowest BCUT2D eigenvalue weighted by atomic mass is 9.91. The third-order valence-electron chi connectivity index (χ3n) is 6.54. The molecule has 2 atom stereocenters. The first kappa shape index (κ1) is 24.3. The van der Waals surface area contributed by atoms with Crippen molar-refractivity contribution in [1.82, 2.24) is 0 Å². The van der Waals surface area contributed by atoms with Crippen molar-refractivity contribution in [1.29, 1.82) is 0 Å². The highest BCUT2D eigenvalue weighted by Crippen LogP contribution is 2.30. The number of esters is 2. The molecule has 0 aromatic heterocycles. The van der Waals surface area contributed by atoms with Gasteiger partial charge in [0.25, 0.3) is 0 Å². The van der Waals surface area contributed by atoms with E-state index < -0.39 is 24.0 Å². The Labute approximate surface area is 217 Å². The minimum atomic E-state index is -0.530. The zero-order valence-corrected chi connectivity index (χ0v) is 20.4. The fourth-order valence-corrected chi connectivity index (χ4v) is 4.75. The number of benzene rings is 4. The summed E-state index contributed by atoms with van der Waals surface area (Å²) in [7, 11) is 0. The molecule has 0 saturated carbocycles. The van der Waals surface area contributed by atoms with Crippen LogP contribution in [-0.2, 0) is 19.1 Å². The van der Waals surface area contributed by atoms with Crippen molar-refractivity contribution in [2.75, 3.05) is 0 Å². The molecule has 37 heavy (non-hydrogen) atoms. The van der Waals surface area contributed by atoms with Crippen molar-refractivity contribution in [3.8, 4) is 0 Å². The van der Waals surface area contributed by atoms with Crippen LogP contribution in [0.3, 0.4) is 0 Å². The second-order valence-electron chi connectivity index (χ2n) is 9.08. The summed E-state index contributed by atoms with van der Waals surface area (Å²) in [6.45, 7) is 0. The standard InChI is InChI=1S/C33H28O4/c34-32(30(24-13-5-1-6-14-24)25-15-7-2-8-16-25)36-28-21-22-29(23-28)37-33(35)31(26-17-9-3-10-18-26)27-19-11-4-12-20-27/h1-22,28-31H,23H2. The second-order valence-corrected chi connectivity index (χ2v) is 9.08. The van der Waals surface area contributed by atoms with Gasteiger partial charge in [0.1, 0.15) is 24.0 Å². The molecule has 1 aliphatic carbocycles. The van der Waals surface area contributed by atoms with Gasteiger partial charge in [0.05, 0.1) is 0 Å². The summed E-state index contributed by atoms with van der Waals surface area (Å²) in [4.78, 5) is 26.7. The van der Waals surface area contributed by atoms with Crippen LogP contribution in [0.2, 0.25) is 0 Å². The molecule has 0 spiro atoms. The van der Waals surface area contributed by atoms with Gasteiger partial charge in [-0.25, -0.2) is 0 Å².